The van der Waals surface area contributed by atoms with Crippen molar-refractivity contribution >= 4 is 42.3 Å². The Morgan fingerprint density at radius 2 is 1.56 bits per heavy atom. The molecule has 6 aromatic rings. The first kappa shape index (κ1) is 35.7. The molecule has 1 atom stereocenters. The van der Waals surface area contributed by atoms with Gasteiger partial charge in [-0.3, -0.25) is 11.5 Å². The number of pyridine rings is 1. The van der Waals surface area contributed by atoms with E-state index >= 15 is 0 Å². The van der Waals surface area contributed by atoms with Gasteiger partial charge in [-0.05, 0) is 34.3 Å². The Bertz CT molecular complexity index is 2040. The summed E-state index contributed by atoms with van der Waals surface area (Å²) in [6.07, 6.45) is 11.8. The molecule has 7 rings (SSSR count). The number of allylic oxidation sites excluding steroid dienone is 2. The predicted molar refractivity (Wildman–Crippen MR) is 204 cm³/mol. The molecule has 1 unspecified atom stereocenters. The third kappa shape index (κ3) is 8.51. The molecule has 0 bridgehead atoms. The van der Waals surface area contributed by atoms with Gasteiger partial charge >= 0.3 is 20.1 Å². The van der Waals surface area contributed by atoms with Gasteiger partial charge in [0.2, 0.25) is 0 Å². The summed E-state index contributed by atoms with van der Waals surface area (Å²) in [4.78, 5) is 4.89. The van der Waals surface area contributed by atoms with Gasteiger partial charge in [-0.15, -0.1) is 46.9 Å². The fraction of sp³-hybridized carbons (Fsp3) is 0.256. The van der Waals surface area contributed by atoms with Crippen molar-refractivity contribution in [3.63, 3.8) is 0 Å². The molecule has 4 aromatic carbocycles. The van der Waals surface area contributed by atoms with E-state index in [4.69, 9.17) is 4.98 Å². The second-order valence-corrected chi connectivity index (χ2v) is 15.5. The van der Waals surface area contributed by atoms with Gasteiger partial charge in [-0.2, -0.15) is 6.20 Å². The van der Waals surface area contributed by atoms with Crippen molar-refractivity contribution in [2.24, 2.45) is 5.41 Å². The zero-order valence-corrected chi connectivity index (χ0v) is 31.9. The van der Waals surface area contributed by atoms with Crippen LogP contribution in [0.5, 0.6) is 0 Å². The van der Waals surface area contributed by atoms with Gasteiger partial charge in [0.15, 0.2) is 0 Å². The molecule has 3 nitrogen and oxygen atoms in total. The van der Waals surface area contributed by atoms with Gasteiger partial charge in [0.1, 0.15) is 0 Å². The van der Waals surface area contributed by atoms with Crippen LogP contribution in [0.4, 0.5) is 0 Å². The summed E-state index contributed by atoms with van der Waals surface area (Å²) in [5, 5.41) is 12.6. The van der Waals surface area contributed by atoms with E-state index in [0.29, 0.717) is 0 Å². The van der Waals surface area contributed by atoms with Crippen molar-refractivity contribution < 1.29 is 20.1 Å². The van der Waals surface area contributed by atoms with E-state index in [2.05, 4.69) is 137 Å². The van der Waals surface area contributed by atoms with Crippen LogP contribution < -0.4 is 5.32 Å². The zero-order valence-electron chi connectivity index (χ0n) is 28.7. The zero-order chi connectivity index (χ0) is 33.0. The molecule has 0 amide bonds. The smallest absolute Gasteiger partial charge is 0.675 e. The van der Waals surface area contributed by atoms with Gasteiger partial charge in [0.25, 0.3) is 0 Å². The first-order valence-corrected chi connectivity index (χ1v) is 17.3. The summed E-state index contributed by atoms with van der Waals surface area (Å²) in [7, 11) is 0. The number of aromatic nitrogens is 1. The van der Waals surface area contributed by atoms with Gasteiger partial charge in [0, 0.05) is 26.7 Å². The summed E-state index contributed by atoms with van der Waals surface area (Å²) in [5.74, 6) is 0. The second-order valence-electron chi connectivity index (χ2n) is 14.4. The number of rotatable bonds is 6. The van der Waals surface area contributed by atoms with E-state index in [1.807, 2.05) is 54.6 Å². The standard InChI is InChI=1S/C30H30NS.C13H14N2.Ir/c1-29(2,3)18-20-11-9-13-23-24-14-15-31-26(28(24)32-27(20)23)21-16-19-10-7-8-12-22(19)25(17-21)30(4,5)6;1-2-6-12(7-3-1)9-11-15-13-8-4-5-10-14-13;/h7-15,17H,18H2,1-6H3;1-8,10-11,13,15H,9H2;/q-1;-2;+3. The molecule has 3 heterocycles. The van der Waals surface area contributed by atoms with E-state index in [1.54, 1.807) is 0 Å². The Morgan fingerprint density at radius 3 is 2.29 bits per heavy atom. The van der Waals surface area contributed by atoms with Gasteiger partial charge in [0.05, 0.1) is 0 Å². The molecule has 0 spiro atoms. The van der Waals surface area contributed by atoms with Crippen LogP contribution in [0.25, 0.3) is 47.5 Å². The molecule has 0 saturated carbocycles. The van der Waals surface area contributed by atoms with Gasteiger partial charge in [-0.1, -0.05) is 149 Å². The summed E-state index contributed by atoms with van der Waals surface area (Å²) in [6, 6.07) is 33.9. The maximum absolute atomic E-state index is 4.89. The summed E-state index contributed by atoms with van der Waals surface area (Å²) in [6.45, 7) is 15.8. The Hall–Kier alpha value is -3.60. The van der Waals surface area contributed by atoms with Crippen LogP contribution in [0, 0.1) is 18.0 Å². The molecule has 0 saturated heterocycles. The van der Waals surface area contributed by atoms with Gasteiger partial charge < -0.3 is 10.6 Å². The predicted octanol–water partition coefficient (Wildman–Crippen LogP) is 11.7. The van der Waals surface area contributed by atoms with Crippen LogP contribution in [-0.2, 0) is 38.4 Å². The molecule has 1 aliphatic rings. The van der Waals surface area contributed by atoms with E-state index in [1.165, 1.54) is 42.2 Å². The number of hydrogen-bond acceptors (Lipinski definition) is 3. The molecule has 246 valence electrons. The molecule has 5 heteroatoms. The van der Waals surface area contributed by atoms with E-state index in [-0.39, 0.29) is 37.1 Å². The number of hydrogen-bond donors (Lipinski definition) is 1. The summed E-state index contributed by atoms with van der Waals surface area (Å²) in [5.41, 5.74) is 6.50. The number of benzene rings is 4. The molecule has 1 N–H and O–H groups in total. The third-order valence-corrected chi connectivity index (χ3v) is 9.56. The van der Waals surface area contributed by atoms with Crippen LogP contribution >= 0.6 is 11.3 Å². The summed E-state index contributed by atoms with van der Waals surface area (Å²) >= 11 is 1.89. The molecule has 2 aromatic heterocycles. The van der Waals surface area contributed by atoms with Crippen molar-refractivity contribution in [3.8, 4) is 11.3 Å². The number of fused-ring (bicyclic) bond motifs is 4. The topological polar surface area (TPSA) is 39.0 Å². The molecule has 0 fully saturated rings. The van der Waals surface area contributed by atoms with Crippen molar-refractivity contribution in [1.29, 1.82) is 0 Å². The van der Waals surface area contributed by atoms with E-state index < -0.39 is 0 Å². The molecular formula is C43H44IrN3S. The molecule has 0 aliphatic carbocycles. The maximum Gasteiger partial charge on any atom is 3.00 e. The van der Waals surface area contributed by atoms with Crippen molar-refractivity contribution in [2.75, 3.05) is 0 Å². The van der Waals surface area contributed by atoms with Crippen LogP contribution in [0.2, 0.25) is 0 Å². The molecular weight excluding hydrogens is 783 g/mol. The Balaban J connectivity index is 0.000000237. The van der Waals surface area contributed by atoms with E-state index in [0.717, 1.165) is 29.5 Å². The number of thiophene rings is 1. The maximum atomic E-state index is 4.89. The monoisotopic (exact) mass is 827 g/mol. The van der Waals surface area contributed by atoms with Gasteiger partial charge in [-0.25, -0.2) is 0 Å². The van der Waals surface area contributed by atoms with Crippen molar-refractivity contribution in [3.05, 3.63) is 150 Å². The number of nitrogens with one attached hydrogen (secondary N) is 1. The van der Waals surface area contributed by atoms with Crippen molar-refractivity contribution in [1.82, 2.24) is 10.3 Å². The van der Waals surface area contributed by atoms with Crippen LogP contribution in [0.1, 0.15) is 58.2 Å². The second kappa shape index (κ2) is 15.3. The number of nitrogens with zero attached hydrogens (tertiary/aromatic N) is 2. The Labute approximate surface area is 303 Å². The Morgan fingerprint density at radius 1 is 0.833 bits per heavy atom. The molecule has 0 radical (unpaired) electrons. The van der Waals surface area contributed by atoms with Crippen LogP contribution in [0.15, 0.2) is 116 Å². The Kier molecular flexibility index (Phi) is 11.4. The fourth-order valence-corrected chi connectivity index (χ4v) is 7.40. The van der Waals surface area contributed by atoms with Crippen molar-refractivity contribution in [2.45, 2.75) is 66.0 Å². The van der Waals surface area contributed by atoms with E-state index in [9.17, 15) is 0 Å². The van der Waals surface area contributed by atoms with Crippen LogP contribution in [-0.4, -0.2) is 11.1 Å². The summed E-state index contributed by atoms with van der Waals surface area (Å²) < 4.78 is 2.65. The largest absolute Gasteiger partial charge is 3.00 e. The minimum absolute atomic E-state index is 0. The molecule has 1 aliphatic heterocycles. The third-order valence-electron chi connectivity index (χ3n) is 8.26. The first-order chi connectivity index (χ1) is 22.6. The minimum Gasteiger partial charge on any atom is -0.675 e. The molecule has 48 heavy (non-hydrogen) atoms. The average Bonchev–Trinajstić information content (AvgIpc) is 3.45. The fourth-order valence-electron chi connectivity index (χ4n) is 6.09. The minimum atomic E-state index is 0. The first-order valence-electron chi connectivity index (χ1n) is 16.5. The quantitative estimate of drug-likeness (QED) is 0.170. The van der Waals surface area contributed by atoms with Crippen LogP contribution in [0.3, 0.4) is 0 Å². The normalized spacial score (nSPS) is 14.4. The SMILES string of the molecule is C1=C[N-]C(N[CH-]Cc2ccccc2)C=C1.CC(C)(C)Cc1cccc2c1sc1c(-c3[c-]c4ccccc4c(C(C)(C)C)c3)nccc12.[Ir+3]. The average molecular weight is 827 g/mol.